The molecule has 1 atom stereocenters. The van der Waals surface area contributed by atoms with Gasteiger partial charge in [0.25, 0.3) is 0 Å². The summed E-state index contributed by atoms with van der Waals surface area (Å²) in [6, 6.07) is 8.99. The SMILES string of the molecule is CCCCCN(C)C(CN)c1cccc(I)c1. The lowest BCUT2D eigenvalue weighted by Crippen LogP contribution is -2.31. The summed E-state index contributed by atoms with van der Waals surface area (Å²) in [6.45, 7) is 4.05. The Labute approximate surface area is 119 Å². The Morgan fingerprint density at radius 3 is 2.71 bits per heavy atom. The Kier molecular flexibility index (Phi) is 7.08. The zero-order valence-corrected chi connectivity index (χ0v) is 13.0. The average Bonchev–Trinajstić information content (AvgIpc) is 2.30. The summed E-state index contributed by atoms with van der Waals surface area (Å²) in [5, 5.41) is 0. The fraction of sp³-hybridized carbons (Fsp3) is 0.571. The molecule has 0 aliphatic carbocycles. The molecule has 0 radical (unpaired) electrons. The molecule has 96 valence electrons. The van der Waals surface area contributed by atoms with Crippen molar-refractivity contribution in [2.45, 2.75) is 32.2 Å². The van der Waals surface area contributed by atoms with Crippen LogP contribution in [0.2, 0.25) is 0 Å². The van der Waals surface area contributed by atoms with E-state index in [2.05, 4.69) is 65.7 Å². The van der Waals surface area contributed by atoms with Gasteiger partial charge in [0, 0.05) is 16.2 Å². The van der Waals surface area contributed by atoms with Crippen LogP contribution in [0.15, 0.2) is 24.3 Å². The molecule has 1 rings (SSSR count). The lowest BCUT2D eigenvalue weighted by Gasteiger charge is -2.27. The monoisotopic (exact) mass is 346 g/mol. The predicted molar refractivity (Wildman–Crippen MR) is 83.1 cm³/mol. The fourth-order valence-corrected chi connectivity index (χ4v) is 2.62. The summed E-state index contributed by atoms with van der Waals surface area (Å²) in [4.78, 5) is 2.38. The lowest BCUT2D eigenvalue weighted by atomic mass is 10.1. The Hall–Kier alpha value is -0.130. The number of halogens is 1. The number of hydrogen-bond donors (Lipinski definition) is 1. The normalized spacial score (nSPS) is 13.0. The Bertz CT molecular complexity index is 328. The van der Waals surface area contributed by atoms with Crippen molar-refractivity contribution in [3.05, 3.63) is 33.4 Å². The molecule has 2 N–H and O–H groups in total. The van der Waals surface area contributed by atoms with Gasteiger partial charge in [-0.2, -0.15) is 0 Å². The maximum atomic E-state index is 5.92. The van der Waals surface area contributed by atoms with Crippen LogP contribution in [0.5, 0.6) is 0 Å². The van der Waals surface area contributed by atoms with E-state index in [4.69, 9.17) is 5.73 Å². The maximum Gasteiger partial charge on any atom is 0.0467 e. The first kappa shape index (κ1) is 14.9. The topological polar surface area (TPSA) is 29.3 Å². The molecule has 0 saturated heterocycles. The van der Waals surface area contributed by atoms with Crippen molar-refractivity contribution in [2.75, 3.05) is 20.1 Å². The van der Waals surface area contributed by atoms with Gasteiger partial charge in [-0.15, -0.1) is 0 Å². The third-order valence-corrected chi connectivity index (χ3v) is 3.77. The summed E-state index contributed by atoms with van der Waals surface area (Å²) in [5.74, 6) is 0. The zero-order chi connectivity index (χ0) is 12.7. The van der Waals surface area contributed by atoms with Gasteiger partial charge in [0.2, 0.25) is 0 Å². The van der Waals surface area contributed by atoms with Crippen molar-refractivity contribution in [3.63, 3.8) is 0 Å². The van der Waals surface area contributed by atoms with Gasteiger partial charge in [-0.3, -0.25) is 4.90 Å². The molecule has 0 bridgehead atoms. The predicted octanol–water partition coefficient (Wildman–Crippen LogP) is 3.41. The molecule has 0 amide bonds. The minimum absolute atomic E-state index is 0.349. The molecular weight excluding hydrogens is 323 g/mol. The number of benzene rings is 1. The first-order chi connectivity index (χ1) is 8.19. The molecule has 0 fully saturated rings. The van der Waals surface area contributed by atoms with Crippen LogP contribution >= 0.6 is 22.6 Å². The van der Waals surface area contributed by atoms with Crippen molar-refractivity contribution < 1.29 is 0 Å². The van der Waals surface area contributed by atoms with Gasteiger partial charge in [0.05, 0.1) is 0 Å². The Morgan fingerprint density at radius 2 is 2.12 bits per heavy atom. The molecule has 0 aromatic heterocycles. The molecule has 2 nitrogen and oxygen atoms in total. The second-order valence-corrected chi connectivity index (χ2v) is 5.74. The highest BCUT2D eigenvalue weighted by molar-refractivity contribution is 14.1. The van der Waals surface area contributed by atoms with Crippen LogP contribution in [0.1, 0.15) is 37.8 Å². The molecule has 1 unspecified atom stereocenters. The zero-order valence-electron chi connectivity index (χ0n) is 10.8. The van der Waals surface area contributed by atoms with Gasteiger partial charge in [-0.25, -0.2) is 0 Å². The first-order valence-electron chi connectivity index (χ1n) is 6.34. The molecule has 0 spiro atoms. The first-order valence-corrected chi connectivity index (χ1v) is 7.42. The lowest BCUT2D eigenvalue weighted by molar-refractivity contribution is 0.245. The van der Waals surface area contributed by atoms with Crippen LogP contribution in [0.4, 0.5) is 0 Å². The highest BCUT2D eigenvalue weighted by atomic mass is 127. The summed E-state index contributed by atoms with van der Waals surface area (Å²) in [7, 11) is 2.17. The van der Waals surface area contributed by atoms with E-state index in [1.165, 1.54) is 28.4 Å². The van der Waals surface area contributed by atoms with Gasteiger partial charge in [-0.1, -0.05) is 31.9 Å². The van der Waals surface area contributed by atoms with Gasteiger partial charge < -0.3 is 5.73 Å². The largest absolute Gasteiger partial charge is 0.329 e. The quantitative estimate of drug-likeness (QED) is 0.606. The van der Waals surface area contributed by atoms with E-state index in [1.54, 1.807) is 0 Å². The van der Waals surface area contributed by atoms with E-state index in [9.17, 15) is 0 Å². The fourth-order valence-electron chi connectivity index (χ4n) is 2.05. The second-order valence-electron chi connectivity index (χ2n) is 4.49. The van der Waals surface area contributed by atoms with Crippen LogP contribution in [0, 0.1) is 3.57 Å². The number of nitrogens with zero attached hydrogens (tertiary/aromatic N) is 1. The second kappa shape index (κ2) is 8.06. The summed E-state index contributed by atoms with van der Waals surface area (Å²) in [5.41, 5.74) is 7.25. The van der Waals surface area contributed by atoms with E-state index in [0.717, 1.165) is 6.54 Å². The molecule has 0 saturated carbocycles. The molecule has 1 aromatic carbocycles. The van der Waals surface area contributed by atoms with Crippen LogP contribution in [0.25, 0.3) is 0 Å². The third kappa shape index (κ3) is 4.94. The maximum absolute atomic E-state index is 5.92. The Morgan fingerprint density at radius 1 is 1.35 bits per heavy atom. The van der Waals surface area contributed by atoms with Crippen LogP contribution in [-0.2, 0) is 0 Å². The summed E-state index contributed by atoms with van der Waals surface area (Å²) >= 11 is 2.35. The number of unbranched alkanes of at least 4 members (excludes halogenated alkanes) is 2. The van der Waals surface area contributed by atoms with E-state index < -0.39 is 0 Å². The standard InChI is InChI=1S/C14H23IN2/c1-3-4-5-9-17(2)14(11-16)12-7-6-8-13(15)10-12/h6-8,10,14H,3-5,9,11,16H2,1-2H3. The molecule has 3 heteroatoms. The molecule has 0 aliphatic heterocycles. The molecule has 0 heterocycles. The van der Waals surface area contributed by atoms with Gasteiger partial charge >= 0.3 is 0 Å². The molecule has 17 heavy (non-hydrogen) atoms. The summed E-state index contributed by atoms with van der Waals surface area (Å²) in [6.07, 6.45) is 3.83. The van der Waals surface area contributed by atoms with Crippen LogP contribution in [0.3, 0.4) is 0 Å². The number of likely N-dealkylation sites (N-methyl/N-ethyl adjacent to an activating group) is 1. The van der Waals surface area contributed by atoms with E-state index >= 15 is 0 Å². The molecular formula is C14H23IN2. The van der Waals surface area contributed by atoms with Gasteiger partial charge in [0.1, 0.15) is 0 Å². The van der Waals surface area contributed by atoms with E-state index in [0.29, 0.717) is 12.6 Å². The molecule has 0 aliphatic rings. The average molecular weight is 346 g/mol. The minimum Gasteiger partial charge on any atom is -0.329 e. The number of nitrogens with two attached hydrogens (primary N) is 1. The Balaban J connectivity index is 2.63. The smallest absolute Gasteiger partial charge is 0.0467 e. The van der Waals surface area contributed by atoms with Crippen molar-refractivity contribution >= 4 is 22.6 Å². The van der Waals surface area contributed by atoms with Crippen molar-refractivity contribution in [2.24, 2.45) is 5.73 Å². The number of hydrogen-bond acceptors (Lipinski definition) is 2. The highest BCUT2D eigenvalue weighted by Crippen LogP contribution is 2.20. The highest BCUT2D eigenvalue weighted by Gasteiger charge is 2.14. The molecule has 1 aromatic rings. The van der Waals surface area contributed by atoms with Crippen LogP contribution < -0.4 is 5.73 Å². The van der Waals surface area contributed by atoms with E-state index in [-0.39, 0.29) is 0 Å². The van der Waals surface area contributed by atoms with E-state index in [1.807, 2.05) is 0 Å². The minimum atomic E-state index is 0.349. The van der Waals surface area contributed by atoms with Gasteiger partial charge in [-0.05, 0) is 60.3 Å². The summed E-state index contributed by atoms with van der Waals surface area (Å²) < 4.78 is 1.28. The van der Waals surface area contributed by atoms with Crippen molar-refractivity contribution in [1.29, 1.82) is 0 Å². The van der Waals surface area contributed by atoms with Gasteiger partial charge in [0.15, 0.2) is 0 Å². The number of rotatable bonds is 7. The van der Waals surface area contributed by atoms with Crippen LogP contribution in [-0.4, -0.2) is 25.0 Å². The van der Waals surface area contributed by atoms with Crippen molar-refractivity contribution in [1.82, 2.24) is 4.90 Å². The third-order valence-electron chi connectivity index (χ3n) is 3.10. The van der Waals surface area contributed by atoms with Crippen molar-refractivity contribution in [3.8, 4) is 0 Å².